The second-order valence-corrected chi connectivity index (χ2v) is 7.87. The molecule has 0 radical (unpaired) electrons. The van der Waals surface area contributed by atoms with Crippen LogP contribution in [0.1, 0.15) is 38.0 Å². The first kappa shape index (κ1) is 23.2. The third-order valence-electron chi connectivity index (χ3n) is 5.50. The minimum atomic E-state index is -0.985. The highest BCUT2D eigenvalue weighted by atomic mass is 16.7. The van der Waals surface area contributed by atoms with Gasteiger partial charge in [0, 0.05) is 0 Å². The second-order valence-electron chi connectivity index (χ2n) is 7.87. The van der Waals surface area contributed by atoms with Crippen molar-refractivity contribution in [3.05, 3.63) is 108 Å². The lowest BCUT2D eigenvalue weighted by Crippen LogP contribution is -2.35. The molecule has 0 amide bonds. The summed E-state index contributed by atoms with van der Waals surface area (Å²) in [6.07, 6.45) is -2.60. The summed E-state index contributed by atoms with van der Waals surface area (Å²) in [7, 11) is 0. The van der Waals surface area contributed by atoms with E-state index in [-0.39, 0.29) is 6.61 Å². The average molecular weight is 460 g/mol. The van der Waals surface area contributed by atoms with E-state index in [1.807, 2.05) is 0 Å². The predicted molar refractivity (Wildman–Crippen MR) is 122 cm³/mol. The molecule has 34 heavy (non-hydrogen) atoms. The van der Waals surface area contributed by atoms with Crippen LogP contribution in [0.25, 0.3) is 0 Å². The van der Waals surface area contributed by atoms with Gasteiger partial charge in [-0.2, -0.15) is 0 Å². The fraction of sp³-hybridized carbons (Fsp3) is 0.222. The quantitative estimate of drug-likeness (QED) is 0.384. The molecule has 4 atom stereocenters. The lowest BCUT2D eigenvalue weighted by molar-refractivity contribution is -0.125. The minimum absolute atomic E-state index is 0.176. The van der Waals surface area contributed by atoms with Crippen LogP contribution in [0.2, 0.25) is 0 Å². The molecule has 3 aromatic carbocycles. The molecule has 0 spiro atoms. The summed E-state index contributed by atoms with van der Waals surface area (Å²) >= 11 is 0. The summed E-state index contributed by atoms with van der Waals surface area (Å²) in [5, 5.41) is 0. The first-order valence-electron chi connectivity index (χ1n) is 10.9. The Hall–Kier alpha value is -3.97. The maximum absolute atomic E-state index is 12.7. The summed E-state index contributed by atoms with van der Waals surface area (Å²) in [5.74, 6) is -2.14. The molecule has 0 saturated carbocycles. The molecular weight excluding hydrogens is 436 g/mol. The molecular formula is C27H24O7. The van der Waals surface area contributed by atoms with Crippen molar-refractivity contribution in [2.75, 3.05) is 6.61 Å². The van der Waals surface area contributed by atoms with Gasteiger partial charge in [0.25, 0.3) is 0 Å². The molecule has 1 heterocycles. The zero-order valence-electron chi connectivity index (χ0n) is 18.5. The van der Waals surface area contributed by atoms with Gasteiger partial charge >= 0.3 is 17.9 Å². The van der Waals surface area contributed by atoms with E-state index in [0.717, 1.165) is 0 Å². The van der Waals surface area contributed by atoms with Crippen LogP contribution >= 0.6 is 0 Å². The molecule has 0 aromatic heterocycles. The Kier molecular flexibility index (Phi) is 7.34. The van der Waals surface area contributed by atoms with Gasteiger partial charge in [0.2, 0.25) is 6.29 Å². The first-order valence-corrected chi connectivity index (χ1v) is 10.9. The van der Waals surface area contributed by atoms with Crippen molar-refractivity contribution >= 4 is 17.9 Å². The molecule has 0 aliphatic carbocycles. The highest BCUT2D eigenvalue weighted by Gasteiger charge is 2.47. The Morgan fingerprint density at radius 1 is 0.676 bits per heavy atom. The lowest BCUT2D eigenvalue weighted by Gasteiger charge is -2.21. The topological polar surface area (TPSA) is 88.1 Å². The fourth-order valence-electron chi connectivity index (χ4n) is 3.65. The maximum atomic E-state index is 12.7. The largest absolute Gasteiger partial charge is 0.459 e. The standard InChI is InChI=1S/C27H24O7/c1-18-23(33-25(29)20-13-7-3-8-14-20)22(17-31-24(28)19-11-5-2-6-12-19)32-27(18)34-26(30)21-15-9-4-10-16-21/h2-16,18,22-23,27H,17H2,1H3/t18-,22-,23?,27-/m1/s1. The molecule has 1 saturated heterocycles. The van der Waals surface area contributed by atoms with Crippen molar-refractivity contribution in [3.63, 3.8) is 0 Å². The highest BCUT2D eigenvalue weighted by Crippen LogP contribution is 2.32. The van der Waals surface area contributed by atoms with Crippen molar-refractivity contribution in [3.8, 4) is 0 Å². The van der Waals surface area contributed by atoms with Gasteiger partial charge in [-0.25, -0.2) is 14.4 Å². The summed E-state index contributed by atoms with van der Waals surface area (Å²) in [4.78, 5) is 37.7. The van der Waals surface area contributed by atoms with E-state index in [4.69, 9.17) is 18.9 Å². The van der Waals surface area contributed by atoms with Crippen LogP contribution < -0.4 is 0 Å². The van der Waals surface area contributed by atoms with E-state index in [9.17, 15) is 14.4 Å². The number of ether oxygens (including phenoxy) is 4. The van der Waals surface area contributed by atoms with Crippen LogP contribution in [0.15, 0.2) is 91.0 Å². The average Bonchev–Trinajstić information content (AvgIpc) is 3.17. The normalized spacial score (nSPS) is 21.4. The van der Waals surface area contributed by atoms with E-state index in [2.05, 4.69) is 0 Å². The first-order chi connectivity index (χ1) is 16.5. The molecule has 7 nitrogen and oxygen atoms in total. The van der Waals surface area contributed by atoms with E-state index in [1.165, 1.54) is 0 Å². The Balaban J connectivity index is 1.47. The van der Waals surface area contributed by atoms with Crippen molar-refractivity contribution < 1.29 is 33.3 Å². The van der Waals surface area contributed by atoms with Gasteiger partial charge in [0.15, 0.2) is 0 Å². The molecule has 0 N–H and O–H groups in total. The molecule has 1 fully saturated rings. The summed E-state index contributed by atoms with van der Waals surface area (Å²) in [6.45, 7) is 1.58. The van der Waals surface area contributed by atoms with Crippen molar-refractivity contribution in [1.82, 2.24) is 0 Å². The van der Waals surface area contributed by atoms with Gasteiger partial charge in [-0.15, -0.1) is 0 Å². The summed E-state index contributed by atoms with van der Waals surface area (Å²) < 4.78 is 22.6. The SMILES string of the molecule is C[C@@H]1C(OC(=O)c2ccccc2)[C@@H](COC(=O)c2ccccc2)O[C@@H]1OC(=O)c1ccccc1. The number of hydrogen-bond donors (Lipinski definition) is 0. The van der Waals surface area contributed by atoms with E-state index < -0.39 is 42.3 Å². The number of hydrogen-bond acceptors (Lipinski definition) is 7. The van der Waals surface area contributed by atoms with Gasteiger partial charge in [-0.3, -0.25) is 0 Å². The van der Waals surface area contributed by atoms with Crippen LogP contribution in [0.4, 0.5) is 0 Å². The van der Waals surface area contributed by atoms with Gasteiger partial charge in [-0.05, 0) is 36.4 Å². The van der Waals surface area contributed by atoms with Gasteiger partial charge < -0.3 is 18.9 Å². The van der Waals surface area contributed by atoms with Crippen molar-refractivity contribution in [2.24, 2.45) is 5.92 Å². The van der Waals surface area contributed by atoms with E-state index in [1.54, 1.807) is 97.9 Å². The molecule has 1 unspecified atom stereocenters. The van der Waals surface area contributed by atoms with Crippen LogP contribution in [0.3, 0.4) is 0 Å². The van der Waals surface area contributed by atoms with Crippen LogP contribution in [0.5, 0.6) is 0 Å². The maximum Gasteiger partial charge on any atom is 0.340 e. The molecule has 4 rings (SSSR count). The Morgan fingerprint density at radius 2 is 1.12 bits per heavy atom. The van der Waals surface area contributed by atoms with Crippen LogP contribution in [0, 0.1) is 5.92 Å². The van der Waals surface area contributed by atoms with Crippen molar-refractivity contribution in [1.29, 1.82) is 0 Å². The van der Waals surface area contributed by atoms with Gasteiger partial charge in [-0.1, -0.05) is 61.5 Å². The Morgan fingerprint density at radius 3 is 1.62 bits per heavy atom. The zero-order valence-corrected chi connectivity index (χ0v) is 18.5. The second kappa shape index (κ2) is 10.8. The molecule has 0 bridgehead atoms. The predicted octanol–water partition coefficient (Wildman–Crippen LogP) is 4.29. The number of carbonyl (C=O) groups excluding carboxylic acids is 3. The molecule has 174 valence electrons. The third-order valence-corrected chi connectivity index (χ3v) is 5.50. The molecule has 1 aliphatic rings. The van der Waals surface area contributed by atoms with Crippen LogP contribution in [-0.4, -0.2) is 43.0 Å². The number of benzene rings is 3. The third kappa shape index (κ3) is 5.50. The monoisotopic (exact) mass is 460 g/mol. The minimum Gasteiger partial charge on any atom is -0.459 e. The zero-order chi connectivity index (χ0) is 23.9. The summed E-state index contributed by atoms with van der Waals surface area (Å²) in [5.41, 5.74) is 1.13. The van der Waals surface area contributed by atoms with Crippen molar-refractivity contribution in [2.45, 2.75) is 25.4 Å². The van der Waals surface area contributed by atoms with Crippen LogP contribution in [-0.2, 0) is 18.9 Å². The Labute approximate surface area is 197 Å². The molecule has 1 aliphatic heterocycles. The van der Waals surface area contributed by atoms with E-state index >= 15 is 0 Å². The Bertz CT molecular complexity index is 1120. The molecule has 7 heteroatoms. The highest BCUT2D eigenvalue weighted by molar-refractivity contribution is 5.90. The smallest absolute Gasteiger partial charge is 0.340 e. The number of carbonyl (C=O) groups is 3. The van der Waals surface area contributed by atoms with Gasteiger partial charge in [0.1, 0.15) is 18.8 Å². The lowest BCUT2D eigenvalue weighted by atomic mass is 10.0. The van der Waals surface area contributed by atoms with E-state index in [0.29, 0.717) is 16.7 Å². The van der Waals surface area contributed by atoms with Gasteiger partial charge in [0.05, 0.1) is 22.6 Å². The fourth-order valence-corrected chi connectivity index (χ4v) is 3.65. The number of rotatable bonds is 7. The number of esters is 3. The molecule has 3 aromatic rings. The summed E-state index contributed by atoms with van der Waals surface area (Å²) in [6, 6.07) is 25.6.